The van der Waals surface area contributed by atoms with Crippen LogP contribution < -0.4 is 0 Å². The zero-order chi connectivity index (χ0) is 18.4. The van der Waals surface area contributed by atoms with Crippen molar-refractivity contribution in [2.75, 3.05) is 26.3 Å². The van der Waals surface area contributed by atoms with Crippen LogP contribution in [-0.2, 0) is 16.0 Å². The number of amides is 2. The van der Waals surface area contributed by atoms with Crippen LogP contribution in [0.2, 0.25) is 0 Å². The third-order valence-electron chi connectivity index (χ3n) is 3.95. The van der Waals surface area contributed by atoms with Crippen molar-refractivity contribution >= 4 is 33.5 Å². The SMILES string of the molecule is O=C(N=C(Cc1cccnc1)C(=O)N1CCOCC1)c1cccc(Br)c1. The standard InChI is InChI=1S/C19H18BrN3O3/c20-16-5-1-4-15(12-16)18(24)22-17(11-14-3-2-6-21-13-14)19(25)23-7-9-26-10-8-23/h1-6,12-13H,7-11H2. The molecule has 2 heterocycles. The van der Waals surface area contributed by atoms with Crippen LogP contribution in [0.5, 0.6) is 0 Å². The van der Waals surface area contributed by atoms with Crippen LogP contribution in [0.4, 0.5) is 0 Å². The molecule has 0 radical (unpaired) electrons. The molecule has 0 aliphatic carbocycles. The molecule has 1 saturated heterocycles. The summed E-state index contributed by atoms with van der Waals surface area (Å²) < 4.78 is 6.08. The lowest BCUT2D eigenvalue weighted by atomic mass is 10.1. The van der Waals surface area contributed by atoms with Gasteiger partial charge in [0.25, 0.3) is 11.8 Å². The monoisotopic (exact) mass is 415 g/mol. The molecule has 1 aliphatic heterocycles. The van der Waals surface area contributed by atoms with Crippen LogP contribution >= 0.6 is 15.9 Å². The Kier molecular flexibility index (Phi) is 6.25. The molecule has 26 heavy (non-hydrogen) atoms. The Balaban J connectivity index is 1.88. The number of ether oxygens (including phenoxy) is 1. The highest BCUT2D eigenvalue weighted by atomic mass is 79.9. The lowest BCUT2D eigenvalue weighted by molar-refractivity contribution is -0.128. The van der Waals surface area contributed by atoms with Crippen LogP contribution in [-0.4, -0.2) is 53.7 Å². The van der Waals surface area contributed by atoms with E-state index in [2.05, 4.69) is 25.9 Å². The molecule has 0 N–H and O–H groups in total. The first-order chi connectivity index (χ1) is 12.6. The van der Waals surface area contributed by atoms with E-state index in [0.29, 0.717) is 31.9 Å². The Morgan fingerprint density at radius 3 is 2.69 bits per heavy atom. The van der Waals surface area contributed by atoms with E-state index in [1.807, 2.05) is 12.1 Å². The van der Waals surface area contributed by atoms with E-state index in [4.69, 9.17) is 4.74 Å². The third-order valence-corrected chi connectivity index (χ3v) is 4.44. The van der Waals surface area contributed by atoms with Crippen LogP contribution in [0.15, 0.2) is 58.3 Å². The van der Waals surface area contributed by atoms with Gasteiger partial charge in [0.1, 0.15) is 5.71 Å². The van der Waals surface area contributed by atoms with Gasteiger partial charge in [0.05, 0.1) is 13.2 Å². The van der Waals surface area contributed by atoms with Gasteiger partial charge in [-0.1, -0.05) is 28.1 Å². The predicted octanol–water partition coefficient (Wildman–Crippen LogP) is 2.53. The first-order valence-corrected chi connectivity index (χ1v) is 9.06. The topological polar surface area (TPSA) is 71.9 Å². The molecule has 1 aromatic heterocycles. The minimum absolute atomic E-state index is 0.213. The second kappa shape index (κ2) is 8.82. The fraction of sp³-hybridized carbons (Fsp3) is 0.263. The Labute approximate surface area is 160 Å². The number of benzene rings is 1. The normalized spacial score (nSPS) is 15.0. The summed E-state index contributed by atoms with van der Waals surface area (Å²) in [5.41, 5.74) is 1.47. The van der Waals surface area contributed by atoms with Crippen molar-refractivity contribution in [1.82, 2.24) is 9.88 Å². The van der Waals surface area contributed by atoms with E-state index in [1.54, 1.807) is 41.6 Å². The van der Waals surface area contributed by atoms with Crippen molar-refractivity contribution < 1.29 is 14.3 Å². The average Bonchev–Trinajstić information content (AvgIpc) is 2.68. The first-order valence-electron chi connectivity index (χ1n) is 8.27. The molecule has 6 nitrogen and oxygen atoms in total. The molecule has 2 aromatic rings. The van der Waals surface area contributed by atoms with Gasteiger partial charge in [0.15, 0.2) is 0 Å². The van der Waals surface area contributed by atoms with E-state index >= 15 is 0 Å². The number of aromatic nitrogens is 1. The molecule has 1 aromatic carbocycles. The van der Waals surface area contributed by atoms with E-state index in [1.165, 1.54) is 0 Å². The maximum absolute atomic E-state index is 12.9. The number of hydrogen-bond donors (Lipinski definition) is 0. The van der Waals surface area contributed by atoms with Crippen LogP contribution in [0.1, 0.15) is 15.9 Å². The van der Waals surface area contributed by atoms with Crippen molar-refractivity contribution in [3.63, 3.8) is 0 Å². The lowest BCUT2D eigenvalue weighted by Gasteiger charge is -2.27. The summed E-state index contributed by atoms with van der Waals surface area (Å²) in [4.78, 5) is 35.4. The zero-order valence-corrected chi connectivity index (χ0v) is 15.7. The minimum Gasteiger partial charge on any atom is -0.378 e. The molecule has 2 amide bonds. The van der Waals surface area contributed by atoms with Gasteiger partial charge in [0, 0.05) is 41.9 Å². The molecule has 0 atom stereocenters. The number of pyridine rings is 1. The highest BCUT2D eigenvalue weighted by Gasteiger charge is 2.23. The molecular weight excluding hydrogens is 398 g/mol. The van der Waals surface area contributed by atoms with Crippen LogP contribution in [0, 0.1) is 0 Å². The number of rotatable bonds is 4. The number of halogens is 1. The Bertz CT molecular complexity index is 818. The molecule has 0 bridgehead atoms. The highest BCUT2D eigenvalue weighted by molar-refractivity contribution is 9.10. The highest BCUT2D eigenvalue weighted by Crippen LogP contribution is 2.13. The second-order valence-corrected chi connectivity index (χ2v) is 6.73. The summed E-state index contributed by atoms with van der Waals surface area (Å²) in [6.07, 6.45) is 3.59. The van der Waals surface area contributed by atoms with Gasteiger partial charge in [-0.25, -0.2) is 4.99 Å². The molecule has 0 unspecified atom stereocenters. The smallest absolute Gasteiger partial charge is 0.277 e. The van der Waals surface area contributed by atoms with Gasteiger partial charge >= 0.3 is 0 Å². The third kappa shape index (κ3) is 4.83. The molecule has 1 aliphatic rings. The summed E-state index contributed by atoms with van der Waals surface area (Å²) in [5, 5.41) is 0. The minimum atomic E-state index is -0.438. The maximum Gasteiger partial charge on any atom is 0.277 e. The molecule has 0 saturated carbocycles. The number of aliphatic imine (C=N–C) groups is 1. The van der Waals surface area contributed by atoms with Gasteiger partial charge in [0.2, 0.25) is 0 Å². The Morgan fingerprint density at radius 2 is 2.00 bits per heavy atom. The van der Waals surface area contributed by atoms with Gasteiger partial charge in [-0.3, -0.25) is 14.6 Å². The molecular formula is C19H18BrN3O3. The Morgan fingerprint density at radius 1 is 1.19 bits per heavy atom. The predicted molar refractivity (Wildman–Crippen MR) is 101 cm³/mol. The van der Waals surface area contributed by atoms with Gasteiger partial charge in [-0.05, 0) is 29.8 Å². The fourth-order valence-corrected chi connectivity index (χ4v) is 3.02. The average molecular weight is 416 g/mol. The molecule has 7 heteroatoms. The fourth-order valence-electron chi connectivity index (χ4n) is 2.62. The van der Waals surface area contributed by atoms with E-state index in [-0.39, 0.29) is 18.0 Å². The molecule has 1 fully saturated rings. The van der Waals surface area contributed by atoms with Crippen LogP contribution in [0.3, 0.4) is 0 Å². The van der Waals surface area contributed by atoms with E-state index in [9.17, 15) is 9.59 Å². The number of carbonyl (C=O) groups excluding carboxylic acids is 2. The molecule has 0 spiro atoms. The second-order valence-electron chi connectivity index (χ2n) is 5.82. The Hall–Kier alpha value is -2.38. The number of hydrogen-bond acceptors (Lipinski definition) is 4. The van der Waals surface area contributed by atoms with E-state index < -0.39 is 5.91 Å². The van der Waals surface area contributed by atoms with Crippen molar-refractivity contribution in [2.24, 2.45) is 4.99 Å². The number of morpholine rings is 1. The van der Waals surface area contributed by atoms with Gasteiger partial charge < -0.3 is 9.64 Å². The summed E-state index contributed by atoms with van der Waals surface area (Å²) in [6.45, 7) is 1.98. The summed E-state index contributed by atoms with van der Waals surface area (Å²) in [5.74, 6) is -0.674. The largest absolute Gasteiger partial charge is 0.378 e. The van der Waals surface area contributed by atoms with Crippen molar-refractivity contribution in [3.05, 3.63) is 64.4 Å². The maximum atomic E-state index is 12.9. The first kappa shape index (κ1) is 18.4. The summed E-state index contributed by atoms with van der Waals surface area (Å²) in [7, 11) is 0. The van der Waals surface area contributed by atoms with Crippen molar-refractivity contribution in [3.8, 4) is 0 Å². The number of carbonyl (C=O) groups is 2. The van der Waals surface area contributed by atoms with Gasteiger partial charge in [-0.15, -0.1) is 0 Å². The van der Waals surface area contributed by atoms with E-state index in [0.717, 1.165) is 10.0 Å². The number of nitrogens with zero attached hydrogens (tertiary/aromatic N) is 3. The van der Waals surface area contributed by atoms with Crippen molar-refractivity contribution in [2.45, 2.75) is 6.42 Å². The molecule has 3 rings (SSSR count). The molecule has 134 valence electrons. The zero-order valence-electron chi connectivity index (χ0n) is 14.1. The lowest BCUT2D eigenvalue weighted by Crippen LogP contribution is -2.44. The quantitative estimate of drug-likeness (QED) is 0.719. The van der Waals surface area contributed by atoms with Gasteiger partial charge in [-0.2, -0.15) is 0 Å². The van der Waals surface area contributed by atoms with Crippen LogP contribution in [0.25, 0.3) is 0 Å². The summed E-state index contributed by atoms with van der Waals surface area (Å²) >= 11 is 3.34. The van der Waals surface area contributed by atoms with Crippen molar-refractivity contribution in [1.29, 1.82) is 0 Å². The summed E-state index contributed by atoms with van der Waals surface area (Å²) in [6, 6.07) is 10.6.